The molecule has 1 heterocycles. The molecule has 1 fully saturated rings. The van der Waals surface area contributed by atoms with Crippen LogP contribution in [0.15, 0.2) is 28.7 Å². The predicted molar refractivity (Wildman–Crippen MR) is 89.0 cm³/mol. The molecule has 0 bridgehead atoms. The Balaban J connectivity index is 1.91. The van der Waals surface area contributed by atoms with Gasteiger partial charge in [0, 0.05) is 36.7 Å². The summed E-state index contributed by atoms with van der Waals surface area (Å²) < 4.78 is 1.10. The Kier molecular flexibility index (Phi) is 5.79. The summed E-state index contributed by atoms with van der Waals surface area (Å²) in [5.74, 6) is 0.0912. The fourth-order valence-corrected chi connectivity index (χ4v) is 2.96. The standard InChI is InChI=1S/C16H24BrN3O/c1-3-15(18)16(21)20-10-8-19(9-11-20)12(2)13-4-6-14(17)7-5-13/h4-7,12,15H,3,8-11,18H2,1-2H3/t12?,15-/m0/s1. The average Bonchev–Trinajstić information content (AvgIpc) is 2.53. The number of carbonyl (C=O) groups excluding carboxylic acids is 1. The summed E-state index contributed by atoms with van der Waals surface area (Å²) in [5.41, 5.74) is 7.15. The van der Waals surface area contributed by atoms with E-state index in [9.17, 15) is 4.79 Å². The molecule has 21 heavy (non-hydrogen) atoms. The monoisotopic (exact) mass is 353 g/mol. The lowest BCUT2D eigenvalue weighted by Crippen LogP contribution is -2.53. The van der Waals surface area contributed by atoms with E-state index in [0.717, 1.165) is 30.7 Å². The highest BCUT2D eigenvalue weighted by Gasteiger charge is 2.26. The van der Waals surface area contributed by atoms with Crippen LogP contribution in [0.5, 0.6) is 0 Å². The van der Waals surface area contributed by atoms with Crippen molar-refractivity contribution < 1.29 is 4.79 Å². The van der Waals surface area contributed by atoms with Crippen molar-refractivity contribution in [3.05, 3.63) is 34.3 Å². The van der Waals surface area contributed by atoms with Crippen molar-refractivity contribution in [2.24, 2.45) is 5.73 Å². The van der Waals surface area contributed by atoms with Crippen molar-refractivity contribution >= 4 is 21.8 Å². The van der Waals surface area contributed by atoms with Crippen molar-refractivity contribution in [1.82, 2.24) is 9.80 Å². The third-order valence-corrected chi connectivity index (χ3v) is 4.81. The minimum absolute atomic E-state index is 0.0912. The fraction of sp³-hybridized carbons (Fsp3) is 0.562. The zero-order valence-electron chi connectivity index (χ0n) is 12.8. The molecule has 0 radical (unpaired) electrons. The Morgan fingerprint density at radius 1 is 1.24 bits per heavy atom. The van der Waals surface area contributed by atoms with Gasteiger partial charge in [-0.15, -0.1) is 0 Å². The van der Waals surface area contributed by atoms with Crippen LogP contribution in [0.2, 0.25) is 0 Å². The van der Waals surface area contributed by atoms with Crippen LogP contribution in [0, 0.1) is 0 Å². The number of hydrogen-bond acceptors (Lipinski definition) is 3. The number of carbonyl (C=O) groups is 1. The first-order valence-corrected chi connectivity index (χ1v) is 8.36. The van der Waals surface area contributed by atoms with Crippen molar-refractivity contribution in [3.63, 3.8) is 0 Å². The van der Waals surface area contributed by atoms with E-state index in [0.29, 0.717) is 12.5 Å². The Morgan fingerprint density at radius 3 is 2.33 bits per heavy atom. The Morgan fingerprint density at radius 2 is 1.81 bits per heavy atom. The van der Waals surface area contributed by atoms with Crippen LogP contribution in [0.3, 0.4) is 0 Å². The molecular formula is C16H24BrN3O. The highest BCUT2D eigenvalue weighted by atomic mass is 79.9. The van der Waals surface area contributed by atoms with Gasteiger partial charge in [0.25, 0.3) is 0 Å². The van der Waals surface area contributed by atoms with Gasteiger partial charge < -0.3 is 10.6 Å². The van der Waals surface area contributed by atoms with Crippen molar-refractivity contribution in [1.29, 1.82) is 0 Å². The van der Waals surface area contributed by atoms with E-state index in [-0.39, 0.29) is 11.9 Å². The zero-order chi connectivity index (χ0) is 15.4. The summed E-state index contributed by atoms with van der Waals surface area (Å²) in [6, 6.07) is 8.48. The number of hydrogen-bond donors (Lipinski definition) is 1. The summed E-state index contributed by atoms with van der Waals surface area (Å²) in [4.78, 5) is 16.4. The molecule has 5 heteroatoms. The first-order valence-electron chi connectivity index (χ1n) is 7.56. The molecule has 1 aliphatic rings. The molecule has 2 N–H and O–H groups in total. The van der Waals surface area contributed by atoms with Gasteiger partial charge in [-0.05, 0) is 31.0 Å². The van der Waals surface area contributed by atoms with E-state index in [1.807, 2.05) is 11.8 Å². The maximum Gasteiger partial charge on any atom is 0.239 e. The lowest BCUT2D eigenvalue weighted by Gasteiger charge is -2.39. The summed E-state index contributed by atoms with van der Waals surface area (Å²) in [5, 5.41) is 0. The van der Waals surface area contributed by atoms with Crippen LogP contribution in [0.4, 0.5) is 0 Å². The van der Waals surface area contributed by atoms with Crippen LogP contribution in [0.1, 0.15) is 31.9 Å². The van der Waals surface area contributed by atoms with E-state index in [2.05, 4.69) is 52.0 Å². The minimum Gasteiger partial charge on any atom is -0.339 e. The molecule has 2 rings (SSSR count). The largest absolute Gasteiger partial charge is 0.339 e. The van der Waals surface area contributed by atoms with Gasteiger partial charge in [0.05, 0.1) is 6.04 Å². The zero-order valence-corrected chi connectivity index (χ0v) is 14.3. The maximum absolute atomic E-state index is 12.1. The number of nitrogens with zero attached hydrogens (tertiary/aromatic N) is 2. The van der Waals surface area contributed by atoms with Crippen LogP contribution in [-0.4, -0.2) is 47.9 Å². The molecule has 0 saturated carbocycles. The third-order valence-electron chi connectivity index (χ3n) is 4.28. The normalized spacial score (nSPS) is 19.3. The second-order valence-electron chi connectivity index (χ2n) is 5.60. The second-order valence-corrected chi connectivity index (χ2v) is 6.52. The molecule has 0 aromatic heterocycles. The summed E-state index contributed by atoms with van der Waals surface area (Å²) in [6.07, 6.45) is 0.703. The SMILES string of the molecule is CC[C@H](N)C(=O)N1CCN(C(C)c2ccc(Br)cc2)CC1. The van der Waals surface area contributed by atoms with E-state index >= 15 is 0 Å². The van der Waals surface area contributed by atoms with Crippen molar-refractivity contribution in [2.75, 3.05) is 26.2 Å². The first-order chi connectivity index (χ1) is 10.0. The minimum atomic E-state index is -0.347. The highest BCUT2D eigenvalue weighted by molar-refractivity contribution is 9.10. The van der Waals surface area contributed by atoms with E-state index in [1.54, 1.807) is 0 Å². The number of rotatable bonds is 4. The Bertz CT molecular complexity index is 469. The van der Waals surface area contributed by atoms with Gasteiger partial charge in [0.1, 0.15) is 0 Å². The van der Waals surface area contributed by atoms with Gasteiger partial charge in [-0.3, -0.25) is 9.69 Å². The summed E-state index contributed by atoms with van der Waals surface area (Å²) in [6.45, 7) is 7.52. The molecule has 0 spiro atoms. The second kappa shape index (κ2) is 7.38. The van der Waals surface area contributed by atoms with Crippen molar-refractivity contribution in [2.45, 2.75) is 32.4 Å². The van der Waals surface area contributed by atoms with Gasteiger partial charge >= 0.3 is 0 Å². The lowest BCUT2D eigenvalue weighted by molar-refractivity contribution is -0.134. The van der Waals surface area contributed by atoms with Gasteiger partial charge in [-0.2, -0.15) is 0 Å². The van der Waals surface area contributed by atoms with Crippen LogP contribution >= 0.6 is 15.9 Å². The van der Waals surface area contributed by atoms with E-state index in [4.69, 9.17) is 5.73 Å². The van der Waals surface area contributed by atoms with Crippen LogP contribution in [0.25, 0.3) is 0 Å². The Hall–Kier alpha value is -0.910. The molecule has 1 unspecified atom stereocenters. The molecule has 1 saturated heterocycles. The molecular weight excluding hydrogens is 330 g/mol. The molecule has 116 valence electrons. The average molecular weight is 354 g/mol. The molecule has 0 aliphatic carbocycles. The molecule has 2 atom stereocenters. The maximum atomic E-state index is 12.1. The third kappa shape index (κ3) is 4.05. The smallest absolute Gasteiger partial charge is 0.239 e. The topological polar surface area (TPSA) is 49.6 Å². The van der Waals surface area contributed by atoms with Gasteiger partial charge in [0.15, 0.2) is 0 Å². The first kappa shape index (κ1) is 16.5. The molecule has 4 nitrogen and oxygen atoms in total. The quantitative estimate of drug-likeness (QED) is 0.903. The van der Waals surface area contributed by atoms with Gasteiger partial charge in [-0.1, -0.05) is 35.0 Å². The summed E-state index contributed by atoms with van der Waals surface area (Å²) >= 11 is 3.47. The fourth-order valence-electron chi connectivity index (χ4n) is 2.69. The highest BCUT2D eigenvalue weighted by Crippen LogP contribution is 2.23. The van der Waals surface area contributed by atoms with Crippen LogP contribution in [-0.2, 0) is 4.79 Å². The summed E-state index contributed by atoms with van der Waals surface area (Å²) in [7, 11) is 0. The van der Waals surface area contributed by atoms with E-state index < -0.39 is 0 Å². The number of amides is 1. The van der Waals surface area contributed by atoms with Gasteiger partial charge in [-0.25, -0.2) is 0 Å². The van der Waals surface area contributed by atoms with E-state index in [1.165, 1.54) is 5.56 Å². The number of nitrogens with two attached hydrogens (primary N) is 1. The molecule has 1 aliphatic heterocycles. The van der Waals surface area contributed by atoms with Crippen LogP contribution < -0.4 is 5.73 Å². The van der Waals surface area contributed by atoms with Crippen molar-refractivity contribution in [3.8, 4) is 0 Å². The molecule has 1 aromatic carbocycles. The molecule has 1 aromatic rings. The Labute approximate surface area is 135 Å². The predicted octanol–water partition coefficient (Wildman–Crippen LogP) is 2.39. The number of piperazine rings is 1. The van der Waals surface area contributed by atoms with Gasteiger partial charge in [0.2, 0.25) is 5.91 Å². The molecule has 1 amide bonds. The lowest BCUT2D eigenvalue weighted by atomic mass is 10.1. The number of benzene rings is 1. The number of halogens is 1.